The van der Waals surface area contributed by atoms with Crippen molar-refractivity contribution in [3.8, 4) is 17.1 Å². The fraction of sp³-hybridized carbons (Fsp3) is 0.280. The van der Waals surface area contributed by atoms with Crippen LogP contribution in [0.1, 0.15) is 37.6 Å². The number of imidazole rings is 1. The number of fused-ring (bicyclic) bond motifs is 3. The minimum Gasteiger partial charge on any atom is -0.515 e. The van der Waals surface area contributed by atoms with Crippen LogP contribution in [0.2, 0.25) is 0 Å². The number of aliphatic hydroxyl groups is 1. The molecule has 1 N–H and O–H groups in total. The largest absolute Gasteiger partial charge is 0.515 e. The molecule has 4 nitrogen and oxygen atoms in total. The lowest BCUT2D eigenvalue weighted by Gasteiger charge is -2.44. The van der Waals surface area contributed by atoms with E-state index in [-0.39, 0.29) is 17.1 Å². The summed E-state index contributed by atoms with van der Waals surface area (Å²) in [4.78, 5) is 17.6. The first-order chi connectivity index (χ1) is 14.1. The van der Waals surface area contributed by atoms with Crippen LogP contribution in [0, 0.1) is 5.92 Å². The van der Waals surface area contributed by atoms with E-state index in [1.165, 1.54) is 5.69 Å². The molecular weight excluding hydrogens is 360 g/mol. The van der Waals surface area contributed by atoms with Crippen LogP contribution in [0.15, 0.2) is 72.5 Å². The second kappa shape index (κ2) is 6.73. The number of nitrogens with zero attached hydrogens (tertiary/aromatic N) is 2. The molecule has 29 heavy (non-hydrogen) atoms. The molecule has 0 unspecified atom stereocenters. The molecule has 1 fully saturated rings. The first kappa shape index (κ1) is 17.9. The third kappa shape index (κ3) is 2.74. The summed E-state index contributed by atoms with van der Waals surface area (Å²) in [5, 5.41) is 9.62. The number of hydrogen-bond acceptors (Lipinski definition) is 3. The predicted molar refractivity (Wildman–Crippen MR) is 113 cm³/mol. The lowest BCUT2D eigenvalue weighted by molar-refractivity contribution is -0.119. The molecule has 0 aliphatic heterocycles. The molecule has 0 amide bonds. The summed E-state index contributed by atoms with van der Waals surface area (Å²) in [6, 6.07) is 20.6. The van der Waals surface area contributed by atoms with Crippen molar-refractivity contribution in [1.29, 1.82) is 0 Å². The number of ketones is 1. The van der Waals surface area contributed by atoms with Gasteiger partial charge in [-0.3, -0.25) is 9.36 Å². The molecule has 2 aromatic carbocycles. The van der Waals surface area contributed by atoms with Gasteiger partial charge in [0.2, 0.25) is 0 Å². The fourth-order valence-corrected chi connectivity index (χ4v) is 5.12. The zero-order chi connectivity index (χ0) is 20.0. The van der Waals surface area contributed by atoms with Gasteiger partial charge in [0.1, 0.15) is 5.82 Å². The maximum absolute atomic E-state index is 12.4. The number of para-hydroxylation sites is 1. The van der Waals surface area contributed by atoms with Crippen molar-refractivity contribution in [3.63, 3.8) is 0 Å². The number of allylic oxidation sites excluding steroid dienone is 1. The molecular formula is C25H24N2O2. The Hall–Kier alpha value is -3.14. The molecule has 4 heteroatoms. The Kier molecular flexibility index (Phi) is 4.16. The highest BCUT2D eigenvalue weighted by molar-refractivity contribution is 5.96. The van der Waals surface area contributed by atoms with E-state index in [4.69, 9.17) is 4.98 Å². The van der Waals surface area contributed by atoms with Gasteiger partial charge in [-0.25, -0.2) is 4.98 Å². The summed E-state index contributed by atoms with van der Waals surface area (Å²) in [6.45, 7) is 2.21. The van der Waals surface area contributed by atoms with Gasteiger partial charge in [0.05, 0.1) is 12.0 Å². The second-order valence-corrected chi connectivity index (χ2v) is 8.38. The van der Waals surface area contributed by atoms with Crippen LogP contribution in [-0.4, -0.2) is 20.4 Å². The number of aromatic nitrogens is 2. The number of carbonyl (C=O) groups is 1. The Morgan fingerprint density at radius 3 is 2.48 bits per heavy atom. The lowest BCUT2D eigenvalue weighted by Crippen LogP contribution is -2.43. The molecule has 3 aromatic rings. The van der Waals surface area contributed by atoms with E-state index in [2.05, 4.69) is 47.9 Å². The van der Waals surface area contributed by atoms with Gasteiger partial charge in [-0.15, -0.1) is 0 Å². The standard InChI is InChI=1S/C25H24N2O2/c1-25-15-18(16-28)22(29)14-19(25)12-13-21-23(25)26-24(17-8-4-2-5-9-17)27(21)20-10-6-3-7-11-20/h2-11,16,19,28H,12-15H2,1H3/b18-16-/t19-,25-/m0/s1. The van der Waals surface area contributed by atoms with Crippen LogP contribution in [0.3, 0.4) is 0 Å². The van der Waals surface area contributed by atoms with Gasteiger partial charge in [-0.2, -0.15) is 0 Å². The van der Waals surface area contributed by atoms with Crippen molar-refractivity contribution in [2.75, 3.05) is 0 Å². The number of hydrogen-bond donors (Lipinski definition) is 1. The summed E-state index contributed by atoms with van der Waals surface area (Å²) < 4.78 is 2.28. The number of rotatable bonds is 2. The first-order valence-corrected chi connectivity index (χ1v) is 10.2. The molecule has 2 aliphatic carbocycles. The van der Waals surface area contributed by atoms with Crippen LogP contribution in [0.4, 0.5) is 0 Å². The van der Waals surface area contributed by atoms with Crippen LogP contribution >= 0.6 is 0 Å². The first-order valence-electron chi connectivity index (χ1n) is 10.2. The zero-order valence-electron chi connectivity index (χ0n) is 16.5. The summed E-state index contributed by atoms with van der Waals surface area (Å²) in [5.74, 6) is 1.27. The number of benzene rings is 2. The second-order valence-electron chi connectivity index (χ2n) is 8.38. The van der Waals surface area contributed by atoms with Crippen molar-refractivity contribution in [2.45, 2.75) is 38.0 Å². The molecule has 1 heterocycles. The van der Waals surface area contributed by atoms with Crippen molar-refractivity contribution < 1.29 is 9.90 Å². The molecule has 0 saturated heterocycles. The normalized spacial score (nSPS) is 24.9. The smallest absolute Gasteiger partial charge is 0.162 e. The summed E-state index contributed by atoms with van der Waals surface area (Å²) in [5.41, 5.74) is 4.75. The van der Waals surface area contributed by atoms with Crippen molar-refractivity contribution in [1.82, 2.24) is 9.55 Å². The van der Waals surface area contributed by atoms with E-state index in [1.807, 2.05) is 24.3 Å². The highest BCUT2D eigenvalue weighted by atomic mass is 16.2. The molecule has 0 radical (unpaired) electrons. The molecule has 146 valence electrons. The number of aliphatic hydroxyl groups excluding tert-OH is 1. The zero-order valence-corrected chi connectivity index (χ0v) is 16.5. The molecule has 2 aliphatic rings. The highest BCUT2D eigenvalue weighted by Gasteiger charge is 2.49. The van der Waals surface area contributed by atoms with Crippen molar-refractivity contribution in [2.24, 2.45) is 5.92 Å². The Morgan fingerprint density at radius 2 is 1.79 bits per heavy atom. The summed E-state index contributed by atoms with van der Waals surface area (Å²) >= 11 is 0. The minimum absolute atomic E-state index is 0.0733. The Labute approximate surface area is 170 Å². The summed E-state index contributed by atoms with van der Waals surface area (Å²) in [7, 11) is 0. The van der Waals surface area contributed by atoms with Crippen LogP contribution in [-0.2, 0) is 16.6 Å². The third-order valence-electron chi connectivity index (χ3n) is 6.69. The summed E-state index contributed by atoms with van der Waals surface area (Å²) in [6.07, 6.45) is 3.89. The van der Waals surface area contributed by atoms with E-state index in [9.17, 15) is 9.90 Å². The molecule has 1 saturated carbocycles. The predicted octanol–water partition coefficient (Wildman–Crippen LogP) is 5.16. The van der Waals surface area contributed by atoms with E-state index in [1.54, 1.807) is 0 Å². The Morgan fingerprint density at radius 1 is 1.10 bits per heavy atom. The Bertz CT molecular complexity index is 1100. The van der Waals surface area contributed by atoms with Gasteiger partial charge >= 0.3 is 0 Å². The lowest BCUT2D eigenvalue weighted by atomic mass is 9.59. The Balaban J connectivity index is 1.75. The van der Waals surface area contributed by atoms with Crippen LogP contribution < -0.4 is 0 Å². The monoisotopic (exact) mass is 384 g/mol. The molecule has 1 aromatic heterocycles. The van der Waals surface area contributed by atoms with Gasteiger partial charge in [-0.05, 0) is 37.3 Å². The minimum atomic E-state index is -0.250. The van der Waals surface area contributed by atoms with Gasteiger partial charge in [-0.1, -0.05) is 55.5 Å². The van der Waals surface area contributed by atoms with Crippen LogP contribution in [0.25, 0.3) is 17.1 Å². The van der Waals surface area contributed by atoms with E-state index in [0.29, 0.717) is 18.4 Å². The molecule has 2 atom stereocenters. The number of carbonyl (C=O) groups excluding carboxylic acids is 1. The van der Waals surface area contributed by atoms with E-state index >= 15 is 0 Å². The van der Waals surface area contributed by atoms with Gasteiger partial charge in [0.25, 0.3) is 0 Å². The van der Waals surface area contributed by atoms with E-state index < -0.39 is 0 Å². The van der Waals surface area contributed by atoms with Crippen LogP contribution in [0.5, 0.6) is 0 Å². The average molecular weight is 384 g/mol. The molecule has 0 spiro atoms. The fourth-order valence-electron chi connectivity index (χ4n) is 5.12. The topological polar surface area (TPSA) is 55.1 Å². The van der Waals surface area contributed by atoms with Gasteiger partial charge in [0.15, 0.2) is 5.78 Å². The number of Topliss-reactive ketones (excluding diaryl/α,β-unsaturated/α-hetero) is 1. The molecule has 5 rings (SSSR count). The SMILES string of the molecule is C[C@]12C/C(=C/O)C(=O)C[C@@H]1CCc1c2nc(-c2ccccc2)n1-c1ccccc1. The highest BCUT2D eigenvalue weighted by Crippen LogP contribution is 2.51. The third-order valence-corrected chi connectivity index (χ3v) is 6.69. The average Bonchev–Trinajstić information content (AvgIpc) is 3.16. The van der Waals surface area contributed by atoms with Gasteiger partial charge in [0, 0.05) is 34.4 Å². The van der Waals surface area contributed by atoms with Crippen molar-refractivity contribution in [3.05, 3.63) is 83.9 Å². The van der Waals surface area contributed by atoms with Crippen molar-refractivity contribution >= 4 is 5.78 Å². The maximum atomic E-state index is 12.4. The molecule has 0 bridgehead atoms. The van der Waals surface area contributed by atoms with E-state index in [0.717, 1.165) is 41.9 Å². The maximum Gasteiger partial charge on any atom is 0.162 e. The van der Waals surface area contributed by atoms with Gasteiger partial charge < -0.3 is 5.11 Å². The quantitative estimate of drug-likeness (QED) is 0.490.